The minimum Gasteiger partial charge on any atom is -0.458 e. The summed E-state index contributed by atoms with van der Waals surface area (Å²) in [6.45, 7) is 7.26. The highest BCUT2D eigenvalue weighted by molar-refractivity contribution is 5.86. The second-order valence-corrected chi connectivity index (χ2v) is 1.95. The van der Waals surface area contributed by atoms with Gasteiger partial charge in [0, 0.05) is 5.57 Å². The first-order valence-electron chi connectivity index (χ1n) is 3.12. The average Bonchev–Trinajstić information content (AvgIpc) is 1.88. The fourth-order valence-corrected chi connectivity index (χ4v) is 0.343. The summed E-state index contributed by atoms with van der Waals surface area (Å²) in [5.41, 5.74) is 0.435. The van der Waals surface area contributed by atoms with Crippen LogP contribution < -0.4 is 0 Å². The minimum absolute atomic E-state index is 0.335. The highest BCUT2D eigenvalue weighted by Gasteiger charge is 1.99. The summed E-state index contributed by atoms with van der Waals surface area (Å²) >= 11 is 0. The summed E-state index contributed by atoms with van der Waals surface area (Å²) in [5, 5.41) is 0. The van der Waals surface area contributed by atoms with Crippen LogP contribution in [0.4, 0.5) is 0 Å². The van der Waals surface area contributed by atoms with Crippen LogP contribution in [-0.2, 0) is 9.53 Å². The van der Waals surface area contributed by atoms with Crippen molar-refractivity contribution in [2.24, 2.45) is 0 Å². The molecule has 0 N–H and O–H groups in total. The standard InChI is InChI=1S/C8H12O2/c1-4-5-6-10-8(9)7(2)3/h4-5H,2,6H2,1,3H3/b5-4+. The van der Waals surface area contributed by atoms with Crippen molar-refractivity contribution in [1.82, 2.24) is 0 Å². The van der Waals surface area contributed by atoms with E-state index in [-0.39, 0.29) is 5.97 Å². The Balaban J connectivity index is 3.50. The smallest absolute Gasteiger partial charge is 0.333 e. The molecule has 56 valence electrons. The molecule has 0 rings (SSSR count). The van der Waals surface area contributed by atoms with Gasteiger partial charge in [-0.1, -0.05) is 18.7 Å². The molecule has 0 fully saturated rings. The molecule has 2 heteroatoms. The van der Waals surface area contributed by atoms with Crippen molar-refractivity contribution in [1.29, 1.82) is 0 Å². The predicted molar refractivity (Wildman–Crippen MR) is 40.6 cm³/mol. The van der Waals surface area contributed by atoms with Gasteiger partial charge in [0.05, 0.1) is 0 Å². The van der Waals surface area contributed by atoms with Crippen LogP contribution in [0.1, 0.15) is 13.8 Å². The Morgan fingerprint density at radius 2 is 2.30 bits per heavy atom. The molecule has 0 bridgehead atoms. The minimum atomic E-state index is -0.335. The second kappa shape index (κ2) is 4.79. The van der Waals surface area contributed by atoms with Gasteiger partial charge in [-0.3, -0.25) is 0 Å². The normalized spacial score (nSPS) is 9.80. The van der Waals surface area contributed by atoms with E-state index in [1.807, 2.05) is 13.0 Å². The fourth-order valence-electron chi connectivity index (χ4n) is 0.343. The molecule has 0 saturated heterocycles. The van der Waals surface area contributed by atoms with Crippen molar-refractivity contribution in [2.45, 2.75) is 13.8 Å². The summed E-state index contributed by atoms with van der Waals surface area (Å²) in [7, 11) is 0. The maximum atomic E-state index is 10.7. The zero-order valence-corrected chi connectivity index (χ0v) is 6.39. The molecule has 0 unspecified atom stereocenters. The van der Waals surface area contributed by atoms with E-state index in [0.717, 1.165) is 0 Å². The van der Waals surface area contributed by atoms with Gasteiger partial charge in [0.1, 0.15) is 6.61 Å². The molecule has 0 aliphatic rings. The summed E-state index contributed by atoms with van der Waals surface area (Å²) in [6.07, 6.45) is 3.59. The lowest BCUT2D eigenvalue weighted by molar-refractivity contribution is -0.137. The summed E-state index contributed by atoms with van der Waals surface area (Å²) in [6, 6.07) is 0. The van der Waals surface area contributed by atoms with Gasteiger partial charge >= 0.3 is 5.97 Å². The molecule has 0 radical (unpaired) electrons. The highest BCUT2D eigenvalue weighted by Crippen LogP contribution is 1.91. The maximum absolute atomic E-state index is 10.7. The van der Waals surface area contributed by atoms with Gasteiger partial charge in [-0.05, 0) is 13.8 Å². The summed E-state index contributed by atoms with van der Waals surface area (Å²) < 4.78 is 4.72. The molecule has 0 aromatic carbocycles. The van der Waals surface area contributed by atoms with Crippen molar-refractivity contribution in [3.05, 3.63) is 24.3 Å². The van der Waals surface area contributed by atoms with Crippen molar-refractivity contribution in [3.8, 4) is 0 Å². The van der Waals surface area contributed by atoms with Gasteiger partial charge in [0.25, 0.3) is 0 Å². The molecule has 10 heavy (non-hydrogen) atoms. The van der Waals surface area contributed by atoms with E-state index in [9.17, 15) is 4.79 Å². The number of esters is 1. The molecule has 0 heterocycles. The number of allylic oxidation sites excluding steroid dienone is 1. The monoisotopic (exact) mass is 140 g/mol. The van der Waals surface area contributed by atoms with Crippen LogP contribution in [-0.4, -0.2) is 12.6 Å². The van der Waals surface area contributed by atoms with E-state index in [2.05, 4.69) is 6.58 Å². The Hall–Kier alpha value is -1.05. The molecule has 0 spiro atoms. The number of carbonyl (C=O) groups excluding carboxylic acids is 1. The largest absolute Gasteiger partial charge is 0.458 e. The maximum Gasteiger partial charge on any atom is 0.333 e. The molecule has 0 aromatic heterocycles. The molecule has 0 saturated carbocycles. The van der Waals surface area contributed by atoms with Gasteiger partial charge in [-0.2, -0.15) is 0 Å². The van der Waals surface area contributed by atoms with Crippen LogP contribution in [0.2, 0.25) is 0 Å². The first kappa shape index (κ1) is 8.95. The zero-order valence-electron chi connectivity index (χ0n) is 6.39. The van der Waals surface area contributed by atoms with Crippen LogP contribution in [0, 0.1) is 0 Å². The van der Waals surface area contributed by atoms with Crippen LogP contribution in [0.25, 0.3) is 0 Å². The molecule has 0 aliphatic carbocycles. The number of hydrogen-bond donors (Lipinski definition) is 0. The lowest BCUT2D eigenvalue weighted by Gasteiger charge is -1.98. The zero-order chi connectivity index (χ0) is 7.98. The van der Waals surface area contributed by atoms with E-state index >= 15 is 0 Å². The van der Waals surface area contributed by atoms with E-state index in [1.165, 1.54) is 0 Å². The third-order valence-electron chi connectivity index (χ3n) is 0.895. The topological polar surface area (TPSA) is 26.3 Å². The Labute approximate surface area is 61.2 Å². The predicted octanol–water partition coefficient (Wildman–Crippen LogP) is 1.68. The molecule has 0 aliphatic heterocycles. The lowest BCUT2D eigenvalue weighted by Crippen LogP contribution is -2.04. The second-order valence-electron chi connectivity index (χ2n) is 1.95. The van der Waals surface area contributed by atoms with Gasteiger partial charge in [-0.15, -0.1) is 0 Å². The molecule has 0 amide bonds. The average molecular weight is 140 g/mol. The van der Waals surface area contributed by atoms with Crippen LogP contribution in [0.15, 0.2) is 24.3 Å². The van der Waals surface area contributed by atoms with Gasteiger partial charge in [0.2, 0.25) is 0 Å². The van der Waals surface area contributed by atoms with E-state index < -0.39 is 0 Å². The van der Waals surface area contributed by atoms with E-state index in [1.54, 1.807) is 13.0 Å². The Morgan fingerprint density at radius 1 is 1.70 bits per heavy atom. The van der Waals surface area contributed by atoms with E-state index in [0.29, 0.717) is 12.2 Å². The van der Waals surface area contributed by atoms with Gasteiger partial charge < -0.3 is 4.74 Å². The number of hydrogen-bond acceptors (Lipinski definition) is 2. The molecular weight excluding hydrogens is 128 g/mol. The molecular formula is C8H12O2. The third kappa shape index (κ3) is 3.89. The van der Waals surface area contributed by atoms with Crippen molar-refractivity contribution in [2.75, 3.05) is 6.61 Å². The third-order valence-corrected chi connectivity index (χ3v) is 0.895. The quantitative estimate of drug-likeness (QED) is 0.338. The number of carbonyl (C=O) groups is 1. The van der Waals surface area contributed by atoms with E-state index in [4.69, 9.17) is 4.74 Å². The number of rotatable bonds is 3. The lowest BCUT2D eigenvalue weighted by atomic mass is 10.4. The summed E-state index contributed by atoms with van der Waals surface area (Å²) in [4.78, 5) is 10.7. The first-order chi connectivity index (χ1) is 4.68. The van der Waals surface area contributed by atoms with Crippen LogP contribution >= 0.6 is 0 Å². The molecule has 0 aromatic rings. The SMILES string of the molecule is C=C(C)C(=O)OC/C=C/C. The molecule has 2 nitrogen and oxygen atoms in total. The highest BCUT2D eigenvalue weighted by atomic mass is 16.5. The Kier molecular flexibility index (Phi) is 4.29. The Bertz CT molecular complexity index is 157. The first-order valence-corrected chi connectivity index (χ1v) is 3.12. The van der Waals surface area contributed by atoms with Gasteiger partial charge in [0.15, 0.2) is 0 Å². The van der Waals surface area contributed by atoms with Crippen molar-refractivity contribution in [3.63, 3.8) is 0 Å². The fraction of sp³-hybridized carbons (Fsp3) is 0.375. The van der Waals surface area contributed by atoms with Crippen LogP contribution in [0.3, 0.4) is 0 Å². The van der Waals surface area contributed by atoms with Crippen molar-refractivity contribution >= 4 is 5.97 Å². The number of ether oxygens (including phenoxy) is 1. The van der Waals surface area contributed by atoms with Gasteiger partial charge in [-0.25, -0.2) is 4.79 Å². The molecule has 0 atom stereocenters. The van der Waals surface area contributed by atoms with Crippen LogP contribution in [0.5, 0.6) is 0 Å². The Morgan fingerprint density at radius 3 is 2.70 bits per heavy atom. The summed E-state index contributed by atoms with van der Waals surface area (Å²) in [5.74, 6) is -0.335. The van der Waals surface area contributed by atoms with Crippen molar-refractivity contribution < 1.29 is 9.53 Å².